The van der Waals surface area contributed by atoms with Crippen LogP contribution in [0.15, 0.2) is 97.1 Å². The molecule has 1 aliphatic rings. The molecule has 0 N–H and O–H groups in total. The van der Waals surface area contributed by atoms with E-state index in [-0.39, 0.29) is 0 Å². The van der Waals surface area contributed by atoms with Crippen LogP contribution in [-0.4, -0.2) is 72.5 Å². The third-order valence-corrected chi connectivity index (χ3v) is 8.71. The molecule has 0 bridgehead atoms. The highest BCUT2D eigenvalue weighted by Gasteiger charge is 2.11. The van der Waals surface area contributed by atoms with Gasteiger partial charge in [-0.15, -0.1) is 0 Å². The molecule has 1 aliphatic heterocycles. The van der Waals surface area contributed by atoms with Crippen LogP contribution in [0.3, 0.4) is 0 Å². The molecule has 0 aromatic heterocycles. The molecule has 0 spiro atoms. The zero-order chi connectivity index (χ0) is 35.5. The minimum absolute atomic E-state index is 0.568. The summed E-state index contributed by atoms with van der Waals surface area (Å²) >= 11 is 0. The Bertz CT molecular complexity index is 1680. The van der Waals surface area contributed by atoms with Crippen molar-refractivity contribution < 1.29 is 18.9 Å². The van der Waals surface area contributed by atoms with Gasteiger partial charge < -0.3 is 28.7 Å². The van der Waals surface area contributed by atoms with Crippen molar-refractivity contribution in [1.29, 1.82) is 5.26 Å². The van der Waals surface area contributed by atoms with Gasteiger partial charge in [-0.3, -0.25) is 0 Å². The maximum absolute atomic E-state index is 9.97. The van der Waals surface area contributed by atoms with Crippen molar-refractivity contribution in [2.45, 2.75) is 20.3 Å². The number of ether oxygens (including phenoxy) is 4. The van der Waals surface area contributed by atoms with Crippen LogP contribution in [0.4, 0.5) is 17.1 Å². The highest BCUT2D eigenvalue weighted by atomic mass is 16.6. The first-order valence-electron chi connectivity index (χ1n) is 18.1. The molecular formula is C44H51N3O4. The van der Waals surface area contributed by atoms with Crippen LogP contribution in [-0.2, 0) is 18.9 Å². The molecule has 4 aromatic carbocycles. The standard InChI is InChI=1S/C44H51N3O4/c1-36(2)22-23-47(43-6-4-3-5-7-43)44-20-14-38(15-21-44)10-16-40-17-11-39(34-41(40)35-45)9-8-37-12-18-42(19-13-37)46-24-26-48-28-30-50-32-33-51-31-29-49-27-25-46/h3-21,34,36H,22-33H2,1-2H3/b9-8+,16-10+. The molecule has 0 unspecified atom stereocenters. The van der Waals surface area contributed by atoms with Gasteiger partial charge in [-0.2, -0.15) is 5.26 Å². The van der Waals surface area contributed by atoms with Crippen LogP contribution in [0.25, 0.3) is 24.3 Å². The fourth-order valence-corrected chi connectivity index (χ4v) is 5.74. The molecule has 1 fully saturated rings. The summed E-state index contributed by atoms with van der Waals surface area (Å²) in [4.78, 5) is 4.66. The smallest absolute Gasteiger partial charge is 0.0998 e. The molecule has 0 aliphatic carbocycles. The fraction of sp³-hybridized carbons (Fsp3) is 0.341. The predicted octanol–water partition coefficient (Wildman–Crippen LogP) is 8.97. The minimum atomic E-state index is 0.568. The Balaban J connectivity index is 1.20. The SMILES string of the molecule is CC(C)CCN(c1ccccc1)c1ccc(/C=C/c2ccc(/C=C/c3ccc(N4CCOCCOCCOCCOCC4)cc3)cc2C#N)cc1. The van der Waals surface area contributed by atoms with E-state index in [4.69, 9.17) is 18.9 Å². The van der Waals surface area contributed by atoms with Crippen LogP contribution in [0.5, 0.6) is 0 Å². The average Bonchev–Trinajstić information content (AvgIpc) is 3.17. The molecule has 7 heteroatoms. The quantitative estimate of drug-likeness (QED) is 0.154. The van der Waals surface area contributed by atoms with Gasteiger partial charge in [-0.25, -0.2) is 0 Å². The Kier molecular flexibility index (Phi) is 15.3. The van der Waals surface area contributed by atoms with Crippen molar-refractivity contribution in [3.8, 4) is 6.07 Å². The summed E-state index contributed by atoms with van der Waals surface area (Å²) in [5.74, 6) is 0.629. The lowest BCUT2D eigenvalue weighted by Gasteiger charge is -2.26. The van der Waals surface area contributed by atoms with Gasteiger partial charge in [-0.1, -0.05) is 92.7 Å². The van der Waals surface area contributed by atoms with Crippen LogP contribution in [0, 0.1) is 17.2 Å². The number of hydrogen-bond donors (Lipinski definition) is 0. The summed E-state index contributed by atoms with van der Waals surface area (Å²) in [6.45, 7) is 11.7. The molecule has 51 heavy (non-hydrogen) atoms. The van der Waals surface area contributed by atoms with E-state index < -0.39 is 0 Å². The van der Waals surface area contributed by atoms with E-state index in [1.165, 1.54) is 11.4 Å². The number of benzene rings is 4. The van der Waals surface area contributed by atoms with E-state index in [0.717, 1.165) is 54.0 Å². The molecular weight excluding hydrogens is 635 g/mol. The van der Waals surface area contributed by atoms with Crippen molar-refractivity contribution in [2.24, 2.45) is 5.92 Å². The van der Waals surface area contributed by atoms with Gasteiger partial charge in [-0.05, 0) is 77.1 Å². The Labute approximate surface area is 304 Å². The molecule has 1 saturated heterocycles. The lowest BCUT2D eigenvalue weighted by atomic mass is 10.0. The lowest BCUT2D eigenvalue weighted by Crippen LogP contribution is -2.31. The van der Waals surface area contributed by atoms with Crippen molar-refractivity contribution in [2.75, 3.05) is 82.3 Å². The molecule has 7 nitrogen and oxygen atoms in total. The lowest BCUT2D eigenvalue weighted by molar-refractivity contribution is 0.00206. The molecule has 4 aromatic rings. The monoisotopic (exact) mass is 685 g/mol. The highest BCUT2D eigenvalue weighted by Crippen LogP contribution is 2.27. The second-order valence-corrected chi connectivity index (χ2v) is 12.9. The predicted molar refractivity (Wildman–Crippen MR) is 210 cm³/mol. The molecule has 0 radical (unpaired) electrons. The third-order valence-electron chi connectivity index (χ3n) is 8.71. The number of nitriles is 1. The third kappa shape index (κ3) is 12.5. The normalized spacial score (nSPS) is 15.5. The van der Waals surface area contributed by atoms with Crippen molar-refractivity contribution in [3.05, 3.63) is 125 Å². The van der Waals surface area contributed by atoms with E-state index >= 15 is 0 Å². The van der Waals surface area contributed by atoms with Gasteiger partial charge in [0.15, 0.2) is 0 Å². The summed E-state index contributed by atoms with van der Waals surface area (Å²) < 4.78 is 22.6. The Morgan fingerprint density at radius 2 is 1.14 bits per heavy atom. The summed E-state index contributed by atoms with van der Waals surface area (Å²) in [7, 11) is 0. The first-order chi connectivity index (χ1) is 25.1. The van der Waals surface area contributed by atoms with Gasteiger partial charge in [0.25, 0.3) is 0 Å². The number of anilines is 3. The first kappa shape index (κ1) is 37.5. The van der Waals surface area contributed by atoms with E-state index in [2.05, 4.69) is 133 Å². The largest absolute Gasteiger partial charge is 0.377 e. The van der Waals surface area contributed by atoms with Gasteiger partial charge in [0.05, 0.1) is 64.5 Å². The fourth-order valence-electron chi connectivity index (χ4n) is 5.74. The molecule has 266 valence electrons. The summed E-state index contributed by atoms with van der Waals surface area (Å²) in [5, 5.41) is 9.97. The summed E-state index contributed by atoms with van der Waals surface area (Å²) in [5.41, 5.74) is 8.18. The second kappa shape index (κ2) is 20.8. The number of para-hydroxylation sites is 1. The summed E-state index contributed by atoms with van der Waals surface area (Å²) in [6.07, 6.45) is 9.34. The highest BCUT2D eigenvalue weighted by molar-refractivity contribution is 5.77. The van der Waals surface area contributed by atoms with Crippen molar-refractivity contribution in [1.82, 2.24) is 0 Å². The van der Waals surface area contributed by atoms with Crippen LogP contribution in [0.1, 0.15) is 48.1 Å². The molecule has 0 atom stereocenters. The van der Waals surface area contributed by atoms with E-state index in [1.807, 2.05) is 18.2 Å². The maximum Gasteiger partial charge on any atom is 0.0998 e. The summed E-state index contributed by atoms with van der Waals surface area (Å²) in [6, 6.07) is 36.1. The minimum Gasteiger partial charge on any atom is -0.377 e. The molecule has 0 saturated carbocycles. The zero-order valence-corrected chi connectivity index (χ0v) is 30.1. The Morgan fingerprint density at radius 3 is 1.73 bits per heavy atom. The van der Waals surface area contributed by atoms with Crippen LogP contribution < -0.4 is 9.80 Å². The van der Waals surface area contributed by atoms with Gasteiger partial charge in [0.2, 0.25) is 0 Å². The van der Waals surface area contributed by atoms with E-state index in [1.54, 1.807) is 0 Å². The maximum atomic E-state index is 9.97. The Hall–Kier alpha value is -4.71. The van der Waals surface area contributed by atoms with E-state index in [0.29, 0.717) is 64.3 Å². The average molecular weight is 686 g/mol. The number of hydrogen-bond acceptors (Lipinski definition) is 7. The second-order valence-electron chi connectivity index (χ2n) is 12.9. The topological polar surface area (TPSA) is 67.2 Å². The zero-order valence-electron chi connectivity index (χ0n) is 30.1. The van der Waals surface area contributed by atoms with Gasteiger partial charge >= 0.3 is 0 Å². The van der Waals surface area contributed by atoms with Gasteiger partial charge in [0, 0.05) is 36.7 Å². The van der Waals surface area contributed by atoms with E-state index in [9.17, 15) is 5.26 Å². The first-order valence-corrected chi connectivity index (χ1v) is 18.1. The molecule has 0 amide bonds. The van der Waals surface area contributed by atoms with Crippen molar-refractivity contribution >= 4 is 41.4 Å². The molecule has 1 heterocycles. The Morgan fingerprint density at radius 1 is 0.627 bits per heavy atom. The number of nitrogens with zero attached hydrogens (tertiary/aromatic N) is 3. The van der Waals surface area contributed by atoms with Crippen LogP contribution >= 0.6 is 0 Å². The van der Waals surface area contributed by atoms with Gasteiger partial charge in [0.1, 0.15) is 0 Å². The molecule has 5 rings (SSSR count). The van der Waals surface area contributed by atoms with Crippen molar-refractivity contribution in [3.63, 3.8) is 0 Å². The number of rotatable bonds is 10. The van der Waals surface area contributed by atoms with Crippen LogP contribution in [0.2, 0.25) is 0 Å².